The van der Waals surface area contributed by atoms with Crippen LogP contribution in [0.15, 0.2) is 84.9 Å². The Balaban J connectivity index is 0.000000148. The molecule has 2 saturated heterocycles. The van der Waals surface area contributed by atoms with Gasteiger partial charge in [-0.25, -0.2) is 0 Å². The van der Waals surface area contributed by atoms with Crippen molar-refractivity contribution in [1.82, 2.24) is 10.6 Å². The summed E-state index contributed by atoms with van der Waals surface area (Å²) >= 11 is 0. The SMILES string of the molecule is O=C(O)C1CNCC1c1ccc2ccccc2c1.O=C(O)C1CNCC1c1cccc2ccccc12. The van der Waals surface area contributed by atoms with E-state index in [1.807, 2.05) is 30.3 Å². The fourth-order valence-electron chi connectivity index (χ4n) is 5.57. The third-order valence-electron chi connectivity index (χ3n) is 7.49. The van der Waals surface area contributed by atoms with E-state index in [0.717, 1.165) is 24.2 Å². The van der Waals surface area contributed by atoms with Crippen molar-refractivity contribution in [3.63, 3.8) is 0 Å². The van der Waals surface area contributed by atoms with Crippen LogP contribution in [0.3, 0.4) is 0 Å². The predicted octanol–water partition coefficient (Wildman–Crippen LogP) is 4.45. The Morgan fingerprint density at radius 3 is 1.92 bits per heavy atom. The van der Waals surface area contributed by atoms with Crippen molar-refractivity contribution in [2.45, 2.75) is 11.8 Å². The van der Waals surface area contributed by atoms with Gasteiger partial charge in [0.1, 0.15) is 0 Å². The minimum absolute atomic E-state index is 0.0635. The van der Waals surface area contributed by atoms with Crippen LogP contribution in [-0.4, -0.2) is 48.3 Å². The number of hydrogen-bond donors (Lipinski definition) is 4. The van der Waals surface area contributed by atoms with Gasteiger partial charge in [-0.1, -0.05) is 84.9 Å². The Kier molecular flexibility index (Phi) is 6.98. The zero-order valence-corrected chi connectivity index (χ0v) is 19.9. The zero-order chi connectivity index (χ0) is 25.1. The second kappa shape index (κ2) is 10.5. The molecule has 184 valence electrons. The molecule has 6 nitrogen and oxygen atoms in total. The summed E-state index contributed by atoms with van der Waals surface area (Å²) in [7, 11) is 0. The summed E-state index contributed by atoms with van der Waals surface area (Å²) in [5.41, 5.74) is 2.26. The molecular weight excluding hydrogens is 452 g/mol. The molecule has 6 heteroatoms. The molecule has 0 radical (unpaired) electrons. The van der Waals surface area contributed by atoms with Crippen LogP contribution in [-0.2, 0) is 9.59 Å². The second-order valence-corrected chi connectivity index (χ2v) is 9.59. The average molecular weight is 483 g/mol. The van der Waals surface area contributed by atoms with E-state index in [9.17, 15) is 19.8 Å². The first-order chi connectivity index (χ1) is 17.5. The lowest BCUT2D eigenvalue weighted by Crippen LogP contribution is -2.21. The topological polar surface area (TPSA) is 98.7 Å². The monoisotopic (exact) mass is 482 g/mol. The van der Waals surface area contributed by atoms with Gasteiger partial charge in [0.05, 0.1) is 11.8 Å². The van der Waals surface area contributed by atoms with Crippen LogP contribution < -0.4 is 10.6 Å². The summed E-state index contributed by atoms with van der Waals surface area (Å²) in [6, 6.07) is 28.7. The Morgan fingerprint density at radius 2 is 1.19 bits per heavy atom. The molecule has 0 saturated carbocycles. The smallest absolute Gasteiger partial charge is 0.308 e. The highest BCUT2D eigenvalue weighted by molar-refractivity contribution is 5.87. The van der Waals surface area contributed by atoms with Gasteiger partial charge in [0, 0.05) is 38.0 Å². The minimum atomic E-state index is -0.710. The van der Waals surface area contributed by atoms with Crippen molar-refractivity contribution in [3.8, 4) is 0 Å². The van der Waals surface area contributed by atoms with E-state index < -0.39 is 11.9 Å². The lowest BCUT2D eigenvalue weighted by molar-refractivity contribution is -0.142. The van der Waals surface area contributed by atoms with Gasteiger partial charge in [-0.05, 0) is 32.7 Å². The number of carboxylic acids is 2. The van der Waals surface area contributed by atoms with Gasteiger partial charge >= 0.3 is 11.9 Å². The van der Waals surface area contributed by atoms with Crippen LogP contribution in [0.2, 0.25) is 0 Å². The Bertz CT molecular complexity index is 1390. The molecule has 2 fully saturated rings. The third kappa shape index (κ3) is 4.83. The van der Waals surface area contributed by atoms with Crippen LogP contribution in [0.1, 0.15) is 23.0 Å². The normalized spacial score (nSPS) is 23.3. The van der Waals surface area contributed by atoms with E-state index in [1.165, 1.54) is 21.5 Å². The fourth-order valence-corrected chi connectivity index (χ4v) is 5.57. The standard InChI is InChI=1S/2C15H15NO2/c17-15(18)14-9-16-8-13(14)12-7-3-5-10-4-1-2-6-11(10)12;17-15(18)14-9-16-8-13(14)12-6-5-10-3-1-2-4-11(10)7-12/h2*1-7,13-14,16H,8-9H2,(H,17,18). The number of nitrogens with one attached hydrogen (secondary N) is 2. The Morgan fingerprint density at radius 1 is 0.611 bits per heavy atom. The van der Waals surface area contributed by atoms with E-state index >= 15 is 0 Å². The molecule has 4 aromatic carbocycles. The fraction of sp³-hybridized carbons (Fsp3) is 0.267. The number of carbonyl (C=O) groups is 2. The largest absolute Gasteiger partial charge is 0.481 e. The molecule has 4 atom stereocenters. The van der Waals surface area contributed by atoms with Gasteiger partial charge in [0.2, 0.25) is 0 Å². The summed E-state index contributed by atoms with van der Waals surface area (Å²) in [5.74, 6) is -1.92. The Hall–Kier alpha value is -3.74. The highest BCUT2D eigenvalue weighted by atomic mass is 16.4. The van der Waals surface area contributed by atoms with Gasteiger partial charge in [0.25, 0.3) is 0 Å². The molecule has 6 rings (SSSR count). The molecule has 0 aliphatic carbocycles. The number of rotatable bonds is 4. The van der Waals surface area contributed by atoms with E-state index in [0.29, 0.717) is 13.1 Å². The Labute approximate surface area is 210 Å². The molecule has 0 aromatic heterocycles. The van der Waals surface area contributed by atoms with Crippen molar-refractivity contribution in [2.75, 3.05) is 26.2 Å². The lowest BCUT2D eigenvalue weighted by Gasteiger charge is -2.17. The van der Waals surface area contributed by atoms with Gasteiger partial charge in [-0.3, -0.25) is 9.59 Å². The maximum Gasteiger partial charge on any atom is 0.308 e. The van der Waals surface area contributed by atoms with Gasteiger partial charge in [-0.2, -0.15) is 0 Å². The second-order valence-electron chi connectivity index (χ2n) is 9.59. The third-order valence-corrected chi connectivity index (χ3v) is 7.49. The van der Waals surface area contributed by atoms with Crippen LogP contribution in [0, 0.1) is 11.8 Å². The molecular formula is C30H30N2O4. The van der Waals surface area contributed by atoms with Crippen LogP contribution in [0.4, 0.5) is 0 Å². The molecule has 0 spiro atoms. The molecule has 4 aromatic rings. The van der Waals surface area contributed by atoms with Crippen molar-refractivity contribution in [3.05, 3.63) is 96.1 Å². The van der Waals surface area contributed by atoms with E-state index in [4.69, 9.17) is 0 Å². The summed E-state index contributed by atoms with van der Waals surface area (Å²) in [4.78, 5) is 22.5. The van der Waals surface area contributed by atoms with E-state index in [1.54, 1.807) is 0 Å². The lowest BCUT2D eigenvalue weighted by atomic mass is 9.86. The summed E-state index contributed by atoms with van der Waals surface area (Å²) in [5, 5.41) is 29.6. The highest BCUT2D eigenvalue weighted by Crippen LogP contribution is 2.33. The maximum atomic E-state index is 11.3. The number of aliphatic carboxylic acids is 2. The molecule has 4 N–H and O–H groups in total. The predicted molar refractivity (Wildman–Crippen MR) is 141 cm³/mol. The minimum Gasteiger partial charge on any atom is -0.481 e. The number of hydrogen-bond acceptors (Lipinski definition) is 4. The average Bonchev–Trinajstić information content (AvgIpc) is 3.59. The van der Waals surface area contributed by atoms with E-state index in [-0.39, 0.29) is 23.7 Å². The molecule has 4 unspecified atom stereocenters. The number of carboxylic acid groups (broad SMARTS) is 2. The van der Waals surface area contributed by atoms with Crippen molar-refractivity contribution in [2.24, 2.45) is 11.8 Å². The van der Waals surface area contributed by atoms with Crippen molar-refractivity contribution < 1.29 is 19.8 Å². The number of benzene rings is 4. The molecule has 0 amide bonds. The van der Waals surface area contributed by atoms with Gasteiger partial charge in [0.15, 0.2) is 0 Å². The zero-order valence-electron chi connectivity index (χ0n) is 19.9. The quantitative estimate of drug-likeness (QED) is 0.343. The first-order valence-electron chi connectivity index (χ1n) is 12.4. The van der Waals surface area contributed by atoms with Crippen LogP contribution in [0.25, 0.3) is 21.5 Å². The number of fused-ring (bicyclic) bond motifs is 2. The molecule has 0 bridgehead atoms. The van der Waals surface area contributed by atoms with Crippen molar-refractivity contribution in [1.29, 1.82) is 0 Å². The first kappa shape index (κ1) is 24.0. The first-order valence-corrected chi connectivity index (χ1v) is 12.4. The summed E-state index contributed by atoms with van der Waals surface area (Å²) in [6.07, 6.45) is 0. The molecule has 2 aliphatic rings. The van der Waals surface area contributed by atoms with E-state index in [2.05, 4.69) is 65.2 Å². The molecule has 2 aliphatic heterocycles. The highest BCUT2D eigenvalue weighted by Gasteiger charge is 2.35. The van der Waals surface area contributed by atoms with Crippen molar-refractivity contribution >= 4 is 33.5 Å². The summed E-state index contributed by atoms with van der Waals surface area (Å²) < 4.78 is 0. The van der Waals surface area contributed by atoms with Gasteiger partial charge in [-0.15, -0.1) is 0 Å². The summed E-state index contributed by atoms with van der Waals surface area (Å²) in [6.45, 7) is 2.61. The molecule has 36 heavy (non-hydrogen) atoms. The van der Waals surface area contributed by atoms with Crippen LogP contribution in [0.5, 0.6) is 0 Å². The van der Waals surface area contributed by atoms with Crippen LogP contribution >= 0.6 is 0 Å². The van der Waals surface area contributed by atoms with Gasteiger partial charge < -0.3 is 20.8 Å². The maximum absolute atomic E-state index is 11.3. The molecule has 2 heterocycles.